The van der Waals surface area contributed by atoms with Gasteiger partial charge in [-0.1, -0.05) is 71.4 Å². The fourth-order valence-corrected chi connectivity index (χ4v) is 7.83. The van der Waals surface area contributed by atoms with Crippen molar-refractivity contribution in [2.75, 3.05) is 13.6 Å². The normalized spacial score (nSPS) is 18.2. The Kier molecular flexibility index (Phi) is 16.7. The first-order valence-electron chi connectivity index (χ1n) is 19.3. The number of likely N-dealkylation sites (tertiary alicyclic amines) is 1. The second kappa shape index (κ2) is 20.2. The number of aromatic nitrogens is 1. The van der Waals surface area contributed by atoms with Crippen LogP contribution in [0.15, 0.2) is 35.7 Å². The van der Waals surface area contributed by atoms with E-state index in [1.165, 1.54) is 4.90 Å². The molecule has 0 bridgehead atoms. The number of aliphatic hydroxyl groups is 1. The predicted octanol–water partition coefficient (Wildman–Crippen LogP) is 6.91. The molecule has 1 aromatic heterocycles. The number of aliphatic hydroxyl groups excluding tert-OH is 1. The van der Waals surface area contributed by atoms with Crippen LogP contribution in [0, 0.1) is 23.7 Å². The van der Waals surface area contributed by atoms with Crippen molar-refractivity contribution in [2.24, 2.45) is 23.7 Å². The Hall–Kier alpha value is -3.84. The maximum atomic E-state index is 14.3. The van der Waals surface area contributed by atoms with E-state index in [1.807, 2.05) is 58.0 Å². The molecule has 300 valence electrons. The Morgan fingerprint density at radius 2 is 1.72 bits per heavy atom. The standard InChI is InChI=1S/C41H62N4O8S/c1-10-26(4)30(22-34(46)32-18-14-15-19-45(32)40(52)53-41(6,7)8)38(49)44(9)33(25(2)3)23-35(47)37-43-31(24-54-37)36(48)42-29(20-27(5)39(50)51)21-28-16-12-11-13-17-28/h11-13,16-17,24-27,29-30,32-33,35,47H,10,14-15,18-23H2,1-9H3,(H,42,48)(H,50,51)/t26-,27-,29+,30-,32+,33+,35+/m0/s1. The third-order valence-electron chi connectivity index (χ3n) is 10.4. The summed E-state index contributed by atoms with van der Waals surface area (Å²) in [5, 5.41) is 25.8. The van der Waals surface area contributed by atoms with Gasteiger partial charge in [-0.25, -0.2) is 9.78 Å². The Labute approximate surface area is 325 Å². The SMILES string of the molecule is CC[C@H](C)[C@H](CC(=O)[C@H]1CCCCN1C(=O)OC(C)(C)C)C(=O)N(C)[C@H](C[C@@H](O)c1nc(C(=O)N[C@@H](Cc2ccccc2)C[C@H](C)C(=O)O)cs1)C(C)C. The number of carbonyl (C=O) groups excluding carboxylic acids is 4. The number of ketones is 1. The number of carbonyl (C=O) groups is 5. The van der Waals surface area contributed by atoms with E-state index in [9.17, 15) is 34.2 Å². The number of nitrogens with one attached hydrogen (secondary N) is 1. The summed E-state index contributed by atoms with van der Waals surface area (Å²) in [4.78, 5) is 73.8. The fourth-order valence-electron chi connectivity index (χ4n) is 7.03. The second-order valence-electron chi connectivity index (χ2n) is 16.3. The van der Waals surface area contributed by atoms with E-state index in [1.54, 1.807) is 45.0 Å². The molecule has 3 amide bonds. The molecule has 2 heterocycles. The smallest absolute Gasteiger partial charge is 0.410 e. The lowest BCUT2D eigenvalue weighted by Crippen LogP contribution is -2.51. The van der Waals surface area contributed by atoms with Gasteiger partial charge in [0.1, 0.15) is 22.4 Å². The van der Waals surface area contributed by atoms with E-state index in [4.69, 9.17) is 4.74 Å². The number of benzene rings is 1. The lowest BCUT2D eigenvalue weighted by Gasteiger charge is -2.38. The highest BCUT2D eigenvalue weighted by molar-refractivity contribution is 7.09. The van der Waals surface area contributed by atoms with Gasteiger partial charge in [-0.15, -0.1) is 11.3 Å². The number of carboxylic acid groups (broad SMARTS) is 1. The molecule has 2 aromatic rings. The number of amides is 3. The van der Waals surface area contributed by atoms with Crippen LogP contribution < -0.4 is 5.32 Å². The summed E-state index contributed by atoms with van der Waals surface area (Å²) in [7, 11) is 1.71. The van der Waals surface area contributed by atoms with Crippen LogP contribution in [0.25, 0.3) is 0 Å². The van der Waals surface area contributed by atoms with Crippen molar-refractivity contribution in [1.29, 1.82) is 0 Å². The number of hydrogen-bond donors (Lipinski definition) is 3. The molecular formula is C41H62N4O8S. The fraction of sp³-hybridized carbons (Fsp3) is 0.659. The minimum absolute atomic E-state index is 0.00300. The molecule has 1 saturated heterocycles. The van der Waals surface area contributed by atoms with Gasteiger partial charge < -0.3 is 25.2 Å². The van der Waals surface area contributed by atoms with Crippen LogP contribution in [0.1, 0.15) is 127 Å². The number of nitrogens with zero attached hydrogens (tertiary/aromatic N) is 3. The number of hydrogen-bond acceptors (Lipinski definition) is 9. The van der Waals surface area contributed by atoms with Crippen LogP contribution in [0.3, 0.4) is 0 Å². The molecule has 1 aromatic carbocycles. The average molecular weight is 771 g/mol. The van der Waals surface area contributed by atoms with Gasteiger partial charge in [0.15, 0.2) is 5.78 Å². The van der Waals surface area contributed by atoms with E-state index in [-0.39, 0.29) is 48.5 Å². The monoisotopic (exact) mass is 770 g/mol. The summed E-state index contributed by atoms with van der Waals surface area (Å²) in [6, 6.07) is 8.02. The van der Waals surface area contributed by atoms with Crippen LogP contribution in [-0.4, -0.2) is 92.0 Å². The van der Waals surface area contributed by atoms with Crippen molar-refractivity contribution in [3.63, 3.8) is 0 Å². The van der Waals surface area contributed by atoms with Gasteiger partial charge in [0.2, 0.25) is 5.91 Å². The maximum absolute atomic E-state index is 14.3. The number of aliphatic carboxylic acids is 1. The van der Waals surface area contributed by atoms with Crippen molar-refractivity contribution >= 4 is 41.0 Å². The summed E-state index contributed by atoms with van der Waals surface area (Å²) in [6.07, 6.45) is 2.06. The molecule has 0 aliphatic carbocycles. The molecule has 7 atom stereocenters. The van der Waals surface area contributed by atoms with Gasteiger partial charge in [-0.3, -0.25) is 24.1 Å². The molecule has 0 saturated carbocycles. The van der Waals surface area contributed by atoms with E-state index in [0.29, 0.717) is 30.8 Å². The first-order chi connectivity index (χ1) is 25.3. The molecule has 1 aliphatic heterocycles. The third-order valence-corrected chi connectivity index (χ3v) is 11.4. The van der Waals surface area contributed by atoms with Crippen LogP contribution in [-0.2, 0) is 25.5 Å². The number of Topliss-reactive ketones (excluding diaryl/α,β-unsaturated/α-hetero) is 1. The average Bonchev–Trinajstić information content (AvgIpc) is 3.62. The van der Waals surface area contributed by atoms with Crippen molar-refractivity contribution < 1.29 is 38.9 Å². The van der Waals surface area contributed by atoms with Crippen molar-refractivity contribution in [3.05, 3.63) is 52.0 Å². The first kappa shape index (κ1) is 44.6. The quantitative estimate of drug-likeness (QED) is 0.146. The largest absolute Gasteiger partial charge is 0.481 e. The zero-order valence-corrected chi connectivity index (χ0v) is 34.4. The van der Waals surface area contributed by atoms with Gasteiger partial charge in [0, 0.05) is 49.8 Å². The summed E-state index contributed by atoms with van der Waals surface area (Å²) in [5.41, 5.74) is 0.389. The van der Waals surface area contributed by atoms with Gasteiger partial charge >= 0.3 is 12.1 Å². The summed E-state index contributed by atoms with van der Waals surface area (Å²) in [5.74, 6) is -3.19. The number of ether oxygens (including phenoxy) is 1. The van der Waals surface area contributed by atoms with E-state index in [0.717, 1.165) is 29.7 Å². The minimum Gasteiger partial charge on any atom is -0.481 e. The van der Waals surface area contributed by atoms with Crippen molar-refractivity contribution in [3.8, 4) is 0 Å². The Morgan fingerprint density at radius 1 is 1.06 bits per heavy atom. The predicted molar refractivity (Wildman–Crippen MR) is 209 cm³/mol. The number of carboxylic acids is 1. The molecule has 54 heavy (non-hydrogen) atoms. The topological polar surface area (TPSA) is 166 Å². The van der Waals surface area contributed by atoms with Gasteiger partial charge in [-0.2, -0.15) is 0 Å². The number of rotatable bonds is 18. The van der Waals surface area contributed by atoms with Crippen LogP contribution in [0.5, 0.6) is 0 Å². The molecular weight excluding hydrogens is 709 g/mol. The molecule has 13 heteroatoms. The summed E-state index contributed by atoms with van der Waals surface area (Å²) in [6.45, 7) is 15.3. The molecule has 0 radical (unpaired) electrons. The van der Waals surface area contributed by atoms with Crippen molar-refractivity contribution in [2.45, 2.75) is 137 Å². The van der Waals surface area contributed by atoms with Crippen LogP contribution >= 0.6 is 11.3 Å². The number of piperidine rings is 1. The van der Waals surface area contributed by atoms with E-state index in [2.05, 4.69) is 10.3 Å². The zero-order valence-electron chi connectivity index (χ0n) is 33.5. The highest BCUT2D eigenvalue weighted by atomic mass is 32.1. The minimum atomic E-state index is -1.07. The zero-order chi connectivity index (χ0) is 40.3. The summed E-state index contributed by atoms with van der Waals surface area (Å²) >= 11 is 1.15. The van der Waals surface area contributed by atoms with Crippen LogP contribution in [0.4, 0.5) is 4.79 Å². The lowest BCUT2D eigenvalue weighted by molar-refractivity contribution is -0.143. The Balaban J connectivity index is 1.73. The molecule has 1 fully saturated rings. The molecule has 1 aliphatic rings. The van der Waals surface area contributed by atoms with Gasteiger partial charge in [0.05, 0.1) is 12.0 Å². The second-order valence-corrected chi connectivity index (χ2v) is 17.2. The van der Waals surface area contributed by atoms with Crippen LogP contribution in [0.2, 0.25) is 0 Å². The Morgan fingerprint density at radius 3 is 2.31 bits per heavy atom. The van der Waals surface area contributed by atoms with E-state index >= 15 is 0 Å². The van der Waals surface area contributed by atoms with E-state index < -0.39 is 59.6 Å². The number of thiazole rings is 1. The highest BCUT2D eigenvalue weighted by Crippen LogP contribution is 2.31. The first-order valence-corrected chi connectivity index (χ1v) is 20.2. The third kappa shape index (κ3) is 12.9. The molecule has 0 spiro atoms. The van der Waals surface area contributed by atoms with Gasteiger partial charge in [0.25, 0.3) is 5.91 Å². The van der Waals surface area contributed by atoms with Crippen molar-refractivity contribution in [1.82, 2.24) is 20.1 Å². The molecule has 3 N–H and O–H groups in total. The molecule has 0 unspecified atom stereocenters. The lowest BCUT2D eigenvalue weighted by atomic mass is 9.82. The van der Waals surface area contributed by atoms with Gasteiger partial charge in [-0.05, 0) is 70.3 Å². The summed E-state index contributed by atoms with van der Waals surface area (Å²) < 4.78 is 5.61. The molecule has 12 nitrogen and oxygen atoms in total. The maximum Gasteiger partial charge on any atom is 0.410 e. The Bertz CT molecular complexity index is 1560. The highest BCUT2D eigenvalue weighted by Gasteiger charge is 2.39. The molecule has 3 rings (SSSR count).